The zero-order chi connectivity index (χ0) is 9.68. The van der Waals surface area contributed by atoms with Crippen molar-refractivity contribution in [1.29, 1.82) is 0 Å². The lowest BCUT2D eigenvalue weighted by molar-refractivity contribution is 0.141. The molecule has 0 saturated heterocycles. The summed E-state index contributed by atoms with van der Waals surface area (Å²) in [6, 6.07) is 9.93. The quantitative estimate of drug-likeness (QED) is 0.735. The molecule has 0 heterocycles. The summed E-state index contributed by atoms with van der Waals surface area (Å²) < 4.78 is 0. The summed E-state index contributed by atoms with van der Waals surface area (Å²) in [4.78, 5) is 0. The van der Waals surface area contributed by atoms with Gasteiger partial charge in [-0.25, -0.2) is 0 Å². The largest absolute Gasteiger partial charge is 0.392 e. The van der Waals surface area contributed by atoms with Gasteiger partial charge in [0.25, 0.3) is 0 Å². The lowest BCUT2D eigenvalue weighted by atomic mass is 9.92. The maximum absolute atomic E-state index is 9.69. The van der Waals surface area contributed by atoms with Crippen LogP contribution in [0.2, 0.25) is 0 Å². The minimum atomic E-state index is -0.326. The van der Waals surface area contributed by atoms with Gasteiger partial charge >= 0.3 is 0 Å². The van der Waals surface area contributed by atoms with Crippen LogP contribution in [-0.2, 0) is 0 Å². The Labute approximate surface area is 79.4 Å². The number of hydrogen-bond donors (Lipinski definition) is 2. The summed E-state index contributed by atoms with van der Waals surface area (Å²) in [5.41, 5.74) is 6.75. The first-order valence-corrected chi connectivity index (χ1v) is 4.72. The Morgan fingerprint density at radius 2 is 1.92 bits per heavy atom. The third-order valence-electron chi connectivity index (χ3n) is 2.36. The molecule has 0 aliphatic heterocycles. The third kappa shape index (κ3) is 2.54. The van der Waals surface area contributed by atoms with Crippen LogP contribution < -0.4 is 5.73 Å². The molecule has 0 aromatic heterocycles. The smallest absolute Gasteiger partial charge is 0.0618 e. The van der Waals surface area contributed by atoms with Gasteiger partial charge in [-0.2, -0.15) is 0 Å². The molecule has 2 heteroatoms. The van der Waals surface area contributed by atoms with Crippen molar-refractivity contribution in [3.05, 3.63) is 35.9 Å². The maximum atomic E-state index is 9.69. The summed E-state index contributed by atoms with van der Waals surface area (Å²) in [5.74, 6) is 0.0752. The minimum Gasteiger partial charge on any atom is -0.392 e. The molecule has 0 amide bonds. The average Bonchev–Trinajstić information content (AvgIpc) is 2.20. The van der Waals surface area contributed by atoms with Crippen LogP contribution in [0.1, 0.15) is 24.8 Å². The molecule has 0 spiro atoms. The van der Waals surface area contributed by atoms with Crippen molar-refractivity contribution in [2.45, 2.75) is 25.4 Å². The monoisotopic (exact) mass is 179 g/mol. The van der Waals surface area contributed by atoms with E-state index in [-0.39, 0.29) is 12.0 Å². The van der Waals surface area contributed by atoms with Crippen molar-refractivity contribution in [2.75, 3.05) is 6.54 Å². The zero-order valence-corrected chi connectivity index (χ0v) is 7.98. The first-order valence-electron chi connectivity index (χ1n) is 4.72. The topological polar surface area (TPSA) is 46.2 Å². The summed E-state index contributed by atoms with van der Waals surface area (Å²) in [6.07, 6.45) is 0.420. The average molecular weight is 179 g/mol. The molecule has 0 bridgehead atoms. The van der Waals surface area contributed by atoms with E-state index in [1.165, 1.54) is 0 Å². The van der Waals surface area contributed by atoms with Gasteiger partial charge in [0, 0.05) is 12.5 Å². The number of nitrogens with two attached hydrogens (primary N) is 1. The van der Waals surface area contributed by atoms with E-state index in [0.717, 1.165) is 12.0 Å². The number of benzene rings is 1. The molecule has 0 radical (unpaired) electrons. The van der Waals surface area contributed by atoms with E-state index in [2.05, 4.69) is 0 Å². The van der Waals surface area contributed by atoms with Crippen LogP contribution in [0.3, 0.4) is 0 Å². The Morgan fingerprint density at radius 3 is 2.38 bits per heavy atom. The minimum absolute atomic E-state index is 0.0752. The first kappa shape index (κ1) is 10.2. The van der Waals surface area contributed by atoms with Crippen LogP contribution in [0, 0.1) is 0 Å². The van der Waals surface area contributed by atoms with Crippen LogP contribution >= 0.6 is 0 Å². The predicted octanol–water partition coefficient (Wildman–Crippen LogP) is 1.50. The molecule has 0 fully saturated rings. The van der Waals surface area contributed by atoms with E-state index < -0.39 is 0 Å². The molecule has 0 saturated carbocycles. The Hall–Kier alpha value is -0.860. The number of rotatable bonds is 4. The van der Waals surface area contributed by atoms with Crippen molar-refractivity contribution in [2.24, 2.45) is 5.73 Å². The van der Waals surface area contributed by atoms with Crippen LogP contribution in [0.4, 0.5) is 0 Å². The molecule has 1 aromatic carbocycles. The highest BCUT2D eigenvalue weighted by atomic mass is 16.3. The third-order valence-corrected chi connectivity index (χ3v) is 2.36. The summed E-state index contributed by atoms with van der Waals surface area (Å²) in [5, 5.41) is 9.69. The van der Waals surface area contributed by atoms with Crippen molar-refractivity contribution in [1.82, 2.24) is 0 Å². The molecule has 2 unspecified atom stereocenters. The fraction of sp³-hybridized carbons (Fsp3) is 0.455. The maximum Gasteiger partial charge on any atom is 0.0618 e. The molecule has 1 rings (SSSR count). The Balaban J connectivity index is 2.78. The molecule has 2 atom stereocenters. The lowest BCUT2D eigenvalue weighted by Crippen LogP contribution is -2.25. The van der Waals surface area contributed by atoms with Crippen LogP contribution in [0.25, 0.3) is 0 Å². The Morgan fingerprint density at radius 1 is 1.31 bits per heavy atom. The molecule has 0 aliphatic carbocycles. The van der Waals surface area contributed by atoms with Crippen molar-refractivity contribution in [3.63, 3.8) is 0 Å². The standard InChI is InChI=1S/C11H17NO/c1-2-11(13)10(8-12)9-6-4-3-5-7-9/h3-7,10-11,13H,2,8,12H2,1H3. The summed E-state index contributed by atoms with van der Waals surface area (Å²) in [7, 11) is 0. The van der Waals surface area contributed by atoms with Crippen LogP contribution in [0.15, 0.2) is 30.3 Å². The molecule has 13 heavy (non-hydrogen) atoms. The Bertz CT molecular complexity index is 235. The fourth-order valence-corrected chi connectivity index (χ4v) is 1.50. The van der Waals surface area contributed by atoms with E-state index in [1.807, 2.05) is 37.3 Å². The number of aliphatic hydroxyl groups is 1. The molecular weight excluding hydrogens is 162 g/mol. The number of hydrogen-bond acceptors (Lipinski definition) is 2. The first-order chi connectivity index (χ1) is 6.29. The van der Waals surface area contributed by atoms with E-state index >= 15 is 0 Å². The highest BCUT2D eigenvalue weighted by molar-refractivity contribution is 5.20. The van der Waals surface area contributed by atoms with Crippen molar-refractivity contribution >= 4 is 0 Å². The van der Waals surface area contributed by atoms with Crippen molar-refractivity contribution in [3.8, 4) is 0 Å². The Kier molecular flexibility index (Phi) is 3.93. The van der Waals surface area contributed by atoms with Crippen LogP contribution in [-0.4, -0.2) is 17.8 Å². The second-order valence-electron chi connectivity index (χ2n) is 3.23. The van der Waals surface area contributed by atoms with Gasteiger partial charge in [-0.3, -0.25) is 0 Å². The second kappa shape index (κ2) is 5.00. The number of aliphatic hydroxyl groups excluding tert-OH is 1. The second-order valence-corrected chi connectivity index (χ2v) is 3.23. The molecular formula is C11H17NO. The molecule has 0 aliphatic rings. The highest BCUT2D eigenvalue weighted by Gasteiger charge is 2.17. The predicted molar refractivity (Wildman–Crippen MR) is 54.5 cm³/mol. The SMILES string of the molecule is CCC(O)C(CN)c1ccccc1. The molecule has 2 nitrogen and oxygen atoms in total. The van der Waals surface area contributed by atoms with Crippen molar-refractivity contribution < 1.29 is 5.11 Å². The van der Waals surface area contributed by atoms with Gasteiger partial charge in [0.15, 0.2) is 0 Å². The van der Waals surface area contributed by atoms with E-state index in [4.69, 9.17) is 5.73 Å². The van der Waals surface area contributed by atoms with Gasteiger partial charge in [0.1, 0.15) is 0 Å². The molecule has 3 N–H and O–H groups in total. The van der Waals surface area contributed by atoms with Gasteiger partial charge in [0.05, 0.1) is 6.10 Å². The van der Waals surface area contributed by atoms with Gasteiger partial charge in [-0.05, 0) is 12.0 Å². The lowest BCUT2D eigenvalue weighted by Gasteiger charge is -2.20. The summed E-state index contributed by atoms with van der Waals surface area (Å²) in [6.45, 7) is 2.47. The van der Waals surface area contributed by atoms with Gasteiger partial charge in [-0.1, -0.05) is 37.3 Å². The highest BCUT2D eigenvalue weighted by Crippen LogP contribution is 2.19. The summed E-state index contributed by atoms with van der Waals surface area (Å²) >= 11 is 0. The van der Waals surface area contributed by atoms with Gasteiger partial charge < -0.3 is 10.8 Å². The van der Waals surface area contributed by atoms with E-state index in [0.29, 0.717) is 6.54 Å². The van der Waals surface area contributed by atoms with E-state index in [1.54, 1.807) is 0 Å². The van der Waals surface area contributed by atoms with Gasteiger partial charge in [-0.15, -0.1) is 0 Å². The normalized spacial score (nSPS) is 15.3. The van der Waals surface area contributed by atoms with Crippen LogP contribution in [0.5, 0.6) is 0 Å². The molecule has 1 aromatic rings. The fourth-order valence-electron chi connectivity index (χ4n) is 1.50. The van der Waals surface area contributed by atoms with E-state index in [9.17, 15) is 5.11 Å². The molecule has 72 valence electrons. The zero-order valence-electron chi connectivity index (χ0n) is 7.98. The van der Waals surface area contributed by atoms with Gasteiger partial charge in [0.2, 0.25) is 0 Å².